The maximum atomic E-state index is 12.2. The lowest BCUT2D eigenvalue weighted by molar-refractivity contribution is -0.136. The minimum atomic E-state index is -0.826. The van der Waals surface area contributed by atoms with E-state index in [1.807, 2.05) is 0 Å². The van der Waals surface area contributed by atoms with Gasteiger partial charge in [-0.1, -0.05) is 6.92 Å². The van der Waals surface area contributed by atoms with Crippen molar-refractivity contribution in [1.29, 1.82) is 0 Å². The normalized spacial score (nSPS) is 45.6. The predicted molar refractivity (Wildman–Crippen MR) is 132 cm³/mol. The van der Waals surface area contributed by atoms with Crippen LogP contribution in [0.1, 0.15) is 39.0 Å². The number of nitrogens with two attached hydrogens (primary N) is 1. The molecule has 9 atom stereocenters. The molecule has 2 spiro atoms. The van der Waals surface area contributed by atoms with Crippen molar-refractivity contribution in [3.8, 4) is 0 Å². The number of alkyl carbamates (subject to hydrolysis) is 1. The first-order chi connectivity index (χ1) is 18.9. The molecule has 5 fully saturated rings. The van der Waals surface area contributed by atoms with Crippen LogP contribution in [0.3, 0.4) is 0 Å². The minimum absolute atomic E-state index is 0.138. The zero-order valence-electron chi connectivity index (χ0n) is 22.3. The summed E-state index contributed by atoms with van der Waals surface area (Å²) in [7, 11) is 0. The number of esters is 1. The largest absolute Gasteiger partial charge is 0.458 e. The average Bonchev–Trinajstić information content (AvgIpc) is 3.84. The summed E-state index contributed by atoms with van der Waals surface area (Å²) in [5.74, 6) is -0.0495. The molecule has 0 aromatic heterocycles. The number of aliphatic hydroxyl groups is 1. The first kappa shape index (κ1) is 26.1. The number of aliphatic hydroxyl groups excluding tert-OH is 1. The Morgan fingerprint density at radius 2 is 1.95 bits per heavy atom. The van der Waals surface area contributed by atoms with Crippen molar-refractivity contribution in [2.75, 3.05) is 52.7 Å². The average molecular weight is 551 g/mol. The van der Waals surface area contributed by atoms with Crippen LogP contribution in [-0.4, -0.2) is 111 Å². The highest BCUT2D eigenvalue weighted by Gasteiger charge is 3.00. The fourth-order valence-corrected chi connectivity index (χ4v) is 8.52. The molecule has 4 aliphatic heterocycles. The van der Waals surface area contributed by atoms with E-state index in [1.54, 1.807) is 0 Å². The lowest BCUT2D eigenvalue weighted by atomic mass is 9.47. The second-order valence-corrected chi connectivity index (χ2v) is 12.0. The van der Waals surface area contributed by atoms with Gasteiger partial charge in [-0.15, -0.1) is 0 Å². The number of ether oxygens (including phenoxy) is 7. The molecule has 216 valence electrons. The standard InChI is InChI=1S/C27H38N2O10/c1-24-5-3-15-16(14-36-21(15)30)17(24)13-18-26(37-18)22(31)25(19(38-25)20-27(24,26)39-20)4-2-8-35-23(32)29-7-10-34-12-11-33-9-6-28/h17-20,22,31H,2-14,28H2,1H3,(H,29,32)/t17-,18-,19-,20-,22+,24-,25-,26+,27+/m0/s1. The highest BCUT2D eigenvalue weighted by molar-refractivity contribution is 5.92. The SMILES string of the molecule is C[C@]12CCC3=C(COC3=O)[C@@H]1C[C@@H]1O[C@@]13[C@H](O)[C@@]1(CCCOC(=O)NCCOCCOCCN)O[C@H]1[C@@H]1O[C@@]132. The minimum Gasteiger partial charge on any atom is -0.458 e. The number of epoxide rings is 3. The van der Waals surface area contributed by atoms with Crippen molar-refractivity contribution < 1.29 is 47.9 Å². The number of carbonyl (C=O) groups excluding carboxylic acids is 2. The number of amides is 1. The van der Waals surface area contributed by atoms with Gasteiger partial charge < -0.3 is 49.3 Å². The molecule has 7 rings (SSSR count). The van der Waals surface area contributed by atoms with Gasteiger partial charge in [0.25, 0.3) is 0 Å². The van der Waals surface area contributed by atoms with Gasteiger partial charge in [0.05, 0.1) is 39.1 Å². The molecular formula is C27H38N2O10. The fourth-order valence-electron chi connectivity index (χ4n) is 8.52. The summed E-state index contributed by atoms with van der Waals surface area (Å²) in [5.41, 5.74) is 4.87. The summed E-state index contributed by atoms with van der Waals surface area (Å²) in [6, 6.07) is 0. The predicted octanol–water partition coefficient (Wildman–Crippen LogP) is -0.0546. The van der Waals surface area contributed by atoms with Gasteiger partial charge in [-0.3, -0.25) is 0 Å². The van der Waals surface area contributed by atoms with E-state index < -0.39 is 29.0 Å². The Hall–Kier alpha value is -1.80. The van der Waals surface area contributed by atoms with Crippen molar-refractivity contribution in [3.63, 3.8) is 0 Å². The number of carbonyl (C=O) groups is 2. The van der Waals surface area contributed by atoms with Crippen molar-refractivity contribution in [2.24, 2.45) is 17.1 Å². The fraction of sp³-hybridized carbons (Fsp3) is 0.852. The third-order valence-electron chi connectivity index (χ3n) is 10.4. The first-order valence-electron chi connectivity index (χ1n) is 14.2. The van der Waals surface area contributed by atoms with E-state index in [2.05, 4.69) is 12.2 Å². The Morgan fingerprint density at radius 1 is 1.13 bits per heavy atom. The van der Waals surface area contributed by atoms with Crippen LogP contribution in [-0.2, 0) is 38.0 Å². The number of nitrogens with one attached hydrogen (secondary N) is 1. The zero-order chi connectivity index (χ0) is 27.0. The molecule has 0 aromatic carbocycles. The van der Waals surface area contributed by atoms with Gasteiger partial charge in [0.15, 0.2) is 5.60 Å². The summed E-state index contributed by atoms with van der Waals surface area (Å²) in [6.45, 7) is 5.38. The molecule has 4 N–H and O–H groups in total. The van der Waals surface area contributed by atoms with E-state index in [4.69, 9.17) is 38.9 Å². The topological polar surface area (TPSA) is 167 Å². The van der Waals surface area contributed by atoms with Crippen molar-refractivity contribution in [3.05, 3.63) is 11.1 Å². The maximum absolute atomic E-state index is 12.2. The summed E-state index contributed by atoms with van der Waals surface area (Å²) < 4.78 is 40.5. The Bertz CT molecular complexity index is 1080. The molecule has 12 heteroatoms. The van der Waals surface area contributed by atoms with Gasteiger partial charge in [0.2, 0.25) is 0 Å². The zero-order valence-corrected chi connectivity index (χ0v) is 22.3. The van der Waals surface area contributed by atoms with Gasteiger partial charge in [-0.05, 0) is 43.6 Å². The number of cyclic esters (lactones) is 1. The second kappa shape index (κ2) is 9.10. The van der Waals surface area contributed by atoms with Crippen LogP contribution in [0.5, 0.6) is 0 Å². The van der Waals surface area contributed by atoms with Crippen LogP contribution in [0.2, 0.25) is 0 Å². The summed E-state index contributed by atoms with van der Waals surface area (Å²) in [4.78, 5) is 24.3. The first-order valence-corrected chi connectivity index (χ1v) is 14.2. The van der Waals surface area contributed by atoms with Crippen LogP contribution < -0.4 is 11.1 Å². The number of rotatable bonds is 12. The molecule has 4 heterocycles. The molecular weight excluding hydrogens is 512 g/mol. The number of hydrogen-bond donors (Lipinski definition) is 3. The Balaban J connectivity index is 0.919. The monoisotopic (exact) mass is 550 g/mol. The molecule has 1 amide bonds. The summed E-state index contributed by atoms with van der Waals surface area (Å²) >= 11 is 0. The number of fused-ring (bicyclic) bond motifs is 4. The maximum Gasteiger partial charge on any atom is 0.407 e. The van der Waals surface area contributed by atoms with Crippen LogP contribution in [0.4, 0.5) is 4.79 Å². The van der Waals surface area contributed by atoms with E-state index in [-0.39, 0.29) is 42.2 Å². The molecule has 2 saturated carbocycles. The molecule has 0 radical (unpaired) electrons. The van der Waals surface area contributed by atoms with Gasteiger partial charge in [0, 0.05) is 24.1 Å². The van der Waals surface area contributed by atoms with Crippen molar-refractivity contribution in [2.45, 2.75) is 80.2 Å². The molecule has 0 bridgehead atoms. The van der Waals surface area contributed by atoms with E-state index in [0.29, 0.717) is 65.4 Å². The highest BCUT2D eigenvalue weighted by Crippen LogP contribution is 2.82. The lowest BCUT2D eigenvalue weighted by Crippen LogP contribution is -2.68. The quantitative estimate of drug-likeness (QED) is 0.169. The van der Waals surface area contributed by atoms with Crippen LogP contribution >= 0.6 is 0 Å². The van der Waals surface area contributed by atoms with Crippen LogP contribution in [0, 0.1) is 11.3 Å². The van der Waals surface area contributed by atoms with Gasteiger partial charge in [0.1, 0.15) is 36.1 Å². The third-order valence-corrected chi connectivity index (χ3v) is 10.4. The van der Waals surface area contributed by atoms with Crippen LogP contribution in [0.25, 0.3) is 0 Å². The van der Waals surface area contributed by atoms with Gasteiger partial charge in [-0.2, -0.15) is 0 Å². The lowest BCUT2D eigenvalue weighted by Gasteiger charge is -2.53. The Kier molecular flexibility index (Phi) is 6.10. The van der Waals surface area contributed by atoms with Crippen LogP contribution in [0.15, 0.2) is 11.1 Å². The Labute approximate surface area is 226 Å². The van der Waals surface area contributed by atoms with E-state index in [0.717, 1.165) is 24.0 Å². The molecule has 0 aromatic rings. The van der Waals surface area contributed by atoms with Gasteiger partial charge in [-0.25, -0.2) is 9.59 Å². The third kappa shape index (κ3) is 3.49. The smallest absolute Gasteiger partial charge is 0.407 e. The molecule has 0 unspecified atom stereocenters. The summed E-state index contributed by atoms with van der Waals surface area (Å²) in [5, 5.41) is 14.4. The van der Waals surface area contributed by atoms with Gasteiger partial charge >= 0.3 is 12.1 Å². The number of hydrogen-bond acceptors (Lipinski definition) is 11. The van der Waals surface area contributed by atoms with Crippen molar-refractivity contribution in [1.82, 2.24) is 5.32 Å². The molecule has 7 aliphatic rings. The molecule has 12 nitrogen and oxygen atoms in total. The molecule has 39 heavy (non-hydrogen) atoms. The van der Waals surface area contributed by atoms with E-state index in [1.165, 1.54) is 0 Å². The van der Waals surface area contributed by atoms with E-state index >= 15 is 0 Å². The Morgan fingerprint density at radius 3 is 2.77 bits per heavy atom. The molecule has 3 aliphatic carbocycles. The van der Waals surface area contributed by atoms with E-state index in [9.17, 15) is 14.7 Å². The van der Waals surface area contributed by atoms with Crippen molar-refractivity contribution >= 4 is 12.1 Å². The second-order valence-electron chi connectivity index (χ2n) is 12.0. The molecule has 3 saturated heterocycles. The summed E-state index contributed by atoms with van der Waals surface area (Å²) in [6.07, 6.45) is 1.46. The highest BCUT2D eigenvalue weighted by atomic mass is 16.7.